The Morgan fingerprint density at radius 1 is 0.771 bits per heavy atom. The van der Waals surface area contributed by atoms with Gasteiger partial charge in [-0.2, -0.15) is 0 Å². The second-order valence-corrected chi connectivity index (χ2v) is 10.4. The van der Waals surface area contributed by atoms with Crippen LogP contribution >= 0.6 is 0 Å². The minimum Gasteiger partial charge on any atom is -0.326 e. The van der Waals surface area contributed by atoms with Crippen LogP contribution in [0.4, 0.5) is 5.69 Å². The second kappa shape index (κ2) is 10.5. The van der Waals surface area contributed by atoms with E-state index >= 15 is 0 Å². The zero-order chi connectivity index (χ0) is 24.8. The Morgan fingerprint density at radius 2 is 1.40 bits per heavy atom. The maximum Gasteiger partial charge on any atom is 0.228 e. The van der Waals surface area contributed by atoms with Crippen LogP contribution in [0.3, 0.4) is 0 Å². The molecule has 0 spiro atoms. The van der Waals surface area contributed by atoms with Crippen LogP contribution < -0.4 is 5.32 Å². The molecule has 0 aromatic heterocycles. The molecule has 176 valence electrons. The molecular weight excluding hydrogens is 458 g/mol. The molecule has 0 atom stereocenters. The average Bonchev–Trinajstić information content (AvgIpc) is 2.89. The largest absolute Gasteiger partial charge is 0.326 e. The summed E-state index contributed by atoms with van der Waals surface area (Å²) in [4.78, 5) is 26.3. The molecule has 5 nitrogen and oxygen atoms in total. The minimum atomic E-state index is -3.29. The van der Waals surface area contributed by atoms with Gasteiger partial charge in [-0.1, -0.05) is 85.8 Å². The van der Waals surface area contributed by atoms with E-state index in [0.29, 0.717) is 22.4 Å². The zero-order valence-corrected chi connectivity index (χ0v) is 20.1. The van der Waals surface area contributed by atoms with Crippen LogP contribution in [0.5, 0.6) is 0 Å². The number of nitrogens with one attached hydrogen (secondary N) is 1. The van der Waals surface area contributed by atoms with Crippen LogP contribution in [0.1, 0.15) is 28.4 Å². The van der Waals surface area contributed by atoms with Crippen LogP contribution in [-0.4, -0.2) is 25.9 Å². The Hall–Kier alpha value is -4.03. The highest BCUT2D eigenvalue weighted by atomic mass is 32.2. The minimum absolute atomic E-state index is 0.0237. The Bertz CT molecular complexity index is 1450. The lowest BCUT2D eigenvalue weighted by atomic mass is 9.93. The first-order valence-corrected chi connectivity index (χ1v) is 12.9. The Morgan fingerprint density at radius 3 is 2.03 bits per heavy atom. The molecule has 0 bridgehead atoms. The van der Waals surface area contributed by atoms with Gasteiger partial charge in [0.2, 0.25) is 5.91 Å². The van der Waals surface area contributed by atoms with E-state index < -0.39 is 9.84 Å². The number of amides is 1. The van der Waals surface area contributed by atoms with Gasteiger partial charge in [-0.25, -0.2) is 8.42 Å². The van der Waals surface area contributed by atoms with Crippen molar-refractivity contribution in [2.75, 3.05) is 11.1 Å². The first-order valence-electron chi connectivity index (χ1n) is 11.3. The molecule has 1 amide bonds. The molecule has 0 unspecified atom stereocenters. The van der Waals surface area contributed by atoms with Crippen molar-refractivity contribution in [1.29, 1.82) is 0 Å². The first kappa shape index (κ1) is 24.1. The van der Waals surface area contributed by atoms with Gasteiger partial charge in [-0.15, -0.1) is 0 Å². The van der Waals surface area contributed by atoms with Crippen molar-refractivity contribution < 1.29 is 18.0 Å². The smallest absolute Gasteiger partial charge is 0.228 e. The van der Waals surface area contributed by atoms with Crippen LogP contribution in [0.15, 0.2) is 108 Å². The third-order valence-corrected chi connectivity index (χ3v) is 7.45. The van der Waals surface area contributed by atoms with Crippen molar-refractivity contribution in [2.24, 2.45) is 0 Å². The van der Waals surface area contributed by atoms with Crippen molar-refractivity contribution in [1.82, 2.24) is 0 Å². The fourth-order valence-electron chi connectivity index (χ4n) is 3.80. The van der Waals surface area contributed by atoms with Crippen molar-refractivity contribution in [3.05, 3.63) is 120 Å². The third kappa shape index (κ3) is 5.73. The van der Waals surface area contributed by atoms with Gasteiger partial charge in [0.25, 0.3) is 0 Å². The SMILES string of the molecule is CCS(=O)(=O)c1ccc(CC(=O)Nc2ccc(-c3ccccc3)c(C(=O)c3ccccc3)c2)cc1. The van der Waals surface area contributed by atoms with Crippen molar-refractivity contribution in [2.45, 2.75) is 18.2 Å². The molecule has 0 aliphatic rings. The fourth-order valence-corrected chi connectivity index (χ4v) is 4.68. The predicted octanol–water partition coefficient (Wildman–Crippen LogP) is 5.56. The molecule has 0 saturated carbocycles. The Balaban J connectivity index is 1.58. The van der Waals surface area contributed by atoms with Gasteiger partial charge in [0.05, 0.1) is 17.1 Å². The summed E-state index contributed by atoms with van der Waals surface area (Å²) in [5.74, 6) is -0.370. The summed E-state index contributed by atoms with van der Waals surface area (Å²) in [6.45, 7) is 1.59. The highest BCUT2D eigenvalue weighted by Gasteiger charge is 2.17. The van der Waals surface area contributed by atoms with E-state index in [0.717, 1.165) is 11.1 Å². The highest BCUT2D eigenvalue weighted by molar-refractivity contribution is 7.91. The van der Waals surface area contributed by atoms with Crippen LogP contribution in [0.2, 0.25) is 0 Å². The van der Waals surface area contributed by atoms with Gasteiger partial charge < -0.3 is 5.32 Å². The summed E-state index contributed by atoms with van der Waals surface area (Å²) in [6, 6.07) is 30.3. The van der Waals surface area contributed by atoms with E-state index in [2.05, 4.69) is 5.32 Å². The summed E-state index contributed by atoms with van der Waals surface area (Å²) in [5, 5.41) is 2.86. The number of hydrogen-bond donors (Lipinski definition) is 1. The van der Waals surface area contributed by atoms with Gasteiger partial charge >= 0.3 is 0 Å². The van der Waals surface area contributed by atoms with Gasteiger partial charge in [-0.3, -0.25) is 9.59 Å². The summed E-state index contributed by atoms with van der Waals surface area (Å²) in [5.41, 5.74) is 3.96. The normalized spacial score (nSPS) is 11.1. The van der Waals surface area contributed by atoms with Gasteiger partial charge in [0.15, 0.2) is 15.6 Å². The summed E-state index contributed by atoms with van der Waals surface area (Å²) < 4.78 is 24.0. The average molecular weight is 484 g/mol. The zero-order valence-electron chi connectivity index (χ0n) is 19.3. The van der Waals surface area contributed by atoms with E-state index in [4.69, 9.17) is 0 Å². The number of anilines is 1. The van der Waals surface area contributed by atoms with Crippen LogP contribution in [0.25, 0.3) is 11.1 Å². The number of ketones is 1. The van der Waals surface area contributed by atoms with Crippen LogP contribution in [-0.2, 0) is 21.1 Å². The molecular formula is C29H25NO4S. The van der Waals surface area contributed by atoms with E-state index in [1.165, 1.54) is 12.1 Å². The number of rotatable bonds is 8. The molecule has 4 rings (SSSR count). The lowest BCUT2D eigenvalue weighted by molar-refractivity contribution is -0.115. The van der Waals surface area contributed by atoms with E-state index in [1.807, 2.05) is 54.6 Å². The van der Waals surface area contributed by atoms with Crippen molar-refractivity contribution >= 4 is 27.2 Å². The highest BCUT2D eigenvalue weighted by Crippen LogP contribution is 2.28. The van der Waals surface area contributed by atoms with Gasteiger partial charge in [-0.05, 0) is 41.0 Å². The Labute approximate surface area is 205 Å². The number of carbonyl (C=O) groups is 2. The summed E-state index contributed by atoms with van der Waals surface area (Å²) in [6.07, 6.45) is 0.0782. The second-order valence-electron chi connectivity index (χ2n) is 8.09. The first-order chi connectivity index (χ1) is 16.9. The summed E-state index contributed by atoms with van der Waals surface area (Å²) in [7, 11) is -3.29. The quantitative estimate of drug-likeness (QED) is 0.333. The van der Waals surface area contributed by atoms with Crippen molar-refractivity contribution in [3.8, 4) is 11.1 Å². The number of hydrogen-bond acceptors (Lipinski definition) is 4. The lowest BCUT2D eigenvalue weighted by Gasteiger charge is -2.13. The van der Waals surface area contributed by atoms with E-state index in [1.54, 1.807) is 43.3 Å². The van der Waals surface area contributed by atoms with E-state index in [9.17, 15) is 18.0 Å². The molecule has 0 aliphatic carbocycles. The summed E-state index contributed by atoms with van der Waals surface area (Å²) >= 11 is 0. The fraction of sp³-hybridized carbons (Fsp3) is 0.103. The standard InChI is InChI=1S/C29H25NO4S/c1-2-35(33,34)25-16-13-21(14-17-25)19-28(31)30-24-15-18-26(22-9-5-3-6-10-22)27(20-24)29(32)23-11-7-4-8-12-23/h3-18,20H,2,19H2,1H3,(H,30,31). The monoisotopic (exact) mass is 483 g/mol. The topological polar surface area (TPSA) is 80.3 Å². The maximum absolute atomic E-state index is 13.3. The molecule has 35 heavy (non-hydrogen) atoms. The number of sulfone groups is 1. The van der Waals surface area contributed by atoms with E-state index in [-0.39, 0.29) is 28.8 Å². The third-order valence-electron chi connectivity index (χ3n) is 5.70. The molecule has 1 N–H and O–H groups in total. The molecule has 4 aromatic rings. The van der Waals surface area contributed by atoms with Crippen molar-refractivity contribution in [3.63, 3.8) is 0 Å². The molecule has 0 saturated heterocycles. The molecule has 6 heteroatoms. The van der Waals surface area contributed by atoms with Crippen LogP contribution in [0, 0.1) is 0 Å². The predicted molar refractivity (Wildman–Crippen MR) is 138 cm³/mol. The molecule has 0 fully saturated rings. The van der Waals surface area contributed by atoms with Gasteiger partial charge in [0, 0.05) is 16.8 Å². The molecule has 4 aromatic carbocycles. The molecule has 0 aliphatic heterocycles. The lowest BCUT2D eigenvalue weighted by Crippen LogP contribution is -2.15. The molecule has 0 radical (unpaired) electrons. The van der Waals surface area contributed by atoms with Gasteiger partial charge in [0.1, 0.15) is 0 Å². The Kier molecular flexibility index (Phi) is 7.22. The number of carbonyl (C=O) groups excluding carboxylic acids is 2. The maximum atomic E-state index is 13.3. The number of benzene rings is 4. The molecule has 0 heterocycles.